The van der Waals surface area contributed by atoms with Crippen molar-refractivity contribution in [3.05, 3.63) is 34.9 Å². The van der Waals surface area contributed by atoms with E-state index >= 15 is 0 Å². The molecule has 0 bridgehead atoms. The zero-order valence-electron chi connectivity index (χ0n) is 11.9. The van der Waals surface area contributed by atoms with Crippen LogP contribution in [-0.4, -0.2) is 30.8 Å². The quantitative estimate of drug-likeness (QED) is 0.798. The first kappa shape index (κ1) is 13.3. The van der Waals surface area contributed by atoms with Crippen LogP contribution in [0.1, 0.15) is 36.5 Å². The lowest BCUT2D eigenvalue weighted by Crippen LogP contribution is -2.45. The smallest absolute Gasteiger partial charge is 0.140 e. The summed E-state index contributed by atoms with van der Waals surface area (Å²) >= 11 is 0. The highest BCUT2D eigenvalue weighted by atomic mass is 16.1. The maximum atomic E-state index is 12.2. The average Bonchev–Trinajstić information content (AvgIpc) is 2.30. The predicted molar refractivity (Wildman–Crippen MR) is 75.0 cm³/mol. The molecule has 98 valence electrons. The molecule has 2 nitrogen and oxygen atoms in total. The SMILES string of the molecule is CC(=O)C1(c2ccc(C)cc2C)CCN(C)CC1. The van der Waals surface area contributed by atoms with Gasteiger partial charge in [-0.2, -0.15) is 0 Å². The van der Waals surface area contributed by atoms with E-state index in [0.29, 0.717) is 5.78 Å². The molecule has 2 heteroatoms. The third kappa shape index (κ3) is 2.22. The average molecular weight is 245 g/mol. The lowest BCUT2D eigenvalue weighted by molar-refractivity contribution is -0.124. The van der Waals surface area contributed by atoms with Crippen LogP contribution in [0, 0.1) is 13.8 Å². The van der Waals surface area contributed by atoms with Gasteiger partial charge in [-0.15, -0.1) is 0 Å². The molecule has 0 spiro atoms. The standard InChI is InChI=1S/C16H23NO/c1-12-5-6-15(13(2)11-12)16(14(3)18)7-9-17(4)10-8-16/h5-6,11H,7-10H2,1-4H3. The van der Waals surface area contributed by atoms with Gasteiger partial charge in [0.2, 0.25) is 0 Å². The Morgan fingerprint density at radius 2 is 1.83 bits per heavy atom. The molecule has 0 radical (unpaired) electrons. The molecule has 1 saturated heterocycles. The zero-order chi connectivity index (χ0) is 13.3. The summed E-state index contributed by atoms with van der Waals surface area (Å²) in [5.41, 5.74) is 3.52. The summed E-state index contributed by atoms with van der Waals surface area (Å²) in [6, 6.07) is 6.49. The minimum atomic E-state index is -0.246. The molecule has 0 atom stereocenters. The van der Waals surface area contributed by atoms with Crippen molar-refractivity contribution < 1.29 is 4.79 Å². The van der Waals surface area contributed by atoms with E-state index in [2.05, 4.69) is 44.0 Å². The number of Topliss-reactive ketones (excluding diaryl/α,β-unsaturated/α-hetero) is 1. The van der Waals surface area contributed by atoms with Crippen LogP contribution in [0.5, 0.6) is 0 Å². The molecule has 1 fully saturated rings. The Bertz CT molecular complexity index is 456. The first-order chi connectivity index (χ1) is 8.45. The number of hydrogen-bond acceptors (Lipinski definition) is 2. The van der Waals surface area contributed by atoms with E-state index in [1.54, 1.807) is 6.92 Å². The monoisotopic (exact) mass is 245 g/mol. The van der Waals surface area contributed by atoms with Gasteiger partial charge >= 0.3 is 0 Å². The molecule has 2 rings (SSSR count). The largest absolute Gasteiger partial charge is 0.306 e. The number of carbonyl (C=O) groups excluding carboxylic acids is 1. The van der Waals surface area contributed by atoms with Gasteiger partial charge in [-0.25, -0.2) is 0 Å². The van der Waals surface area contributed by atoms with E-state index in [1.165, 1.54) is 16.7 Å². The van der Waals surface area contributed by atoms with E-state index in [-0.39, 0.29) is 5.41 Å². The van der Waals surface area contributed by atoms with Gasteiger partial charge in [0.15, 0.2) is 0 Å². The Morgan fingerprint density at radius 3 is 2.33 bits per heavy atom. The molecule has 0 saturated carbocycles. The zero-order valence-corrected chi connectivity index (χ0v) is 11.9. The molecule has 0 N–H and O–H groups in total. The molecule has 0 amide bonds. The van der Waals surface area contributed by atoms with Crippen LogP contribution in [0.2, 0.25) is 0 Å². The van der Waals surface area contributed by atoms with Crippen LogP contribution < -0.4 is 0 Å². The van der Waals surface area contributed by atoms with E-state index in [9.17, 15) is 4.79 Å². The fourth-order valence-electron chi connectivity index (χ4n) is 3.16. The Hall–Kier alpha value is -1.15. The highest BCUT2D eigenvalue weighted by molar-refractivity contribution is 5.88. The molecule has 0 aliphatic carbocycles. The maximum absolute atomic E-state index is 12.2. The van der Waals surface area contributed by atoms with Gasteiger partial charge in [-0.05, 0) is 64.9 Å². The Labute approximate surface area is 110 Å². The third-order valence-corrected chi connectivity index (χ3v) is 4.41. The molecule has 1 heterocycles. The predicted octanol–water partition coefficient (Wildman–Crippen LogP) is 2.86. The molecule has 1 aromatic carbocycles. The second-order valence-electron chi connectivity index (χ2n) is 5.76. The molecule has 1 aliphatic rings. The van der Waals surface area contributed by atoms with E-state index in [4.69, 9.17) is 0 Å². The number of hydrogen-bond donors (Lipinski definition) is 0. The summed E-state index contributed by atoms with van der Waals surface area (Å²) in [5, 5.41) is 0. The van der Waals surface area contributed by atoms with Crippen LogP contribution in [0.3, 0.4) is 0 Å². The number of likely N-dealkylation sites (tertiary alicyclic amines) is 1. The van der Waals surface area contributed by atoms with Crippen molar-refractivity contribution in [1.29, 1.82) is 0 Å². The van der Waals surface area contributed by atoms with E-state index in [0.717, 1.165) is 25.9 Å². The van der Waals surface area contributed by atoms with Gasteiger partial charge in [0.1, 0.15) is 5.78 Å². The fraction of sp³-hybridized carbons (Fsp3) is 0.562. The minimum absolute atomic E-state index is 0.246. The van der Waals surface area contributed by atoms with Gasteiger partial charge < -0.3 is 4.90 Å². The van der Waals surface area contributed by atoms with Crippen molar-refractivity contribution in [2.45, 2.75) is 39.0 Å². The highest BCUT2D eigenvalue weighted by Gasteiger charge is 2.40. The number of rotatable bonds is 2. The Balaban J connectivity index is 2.44. The lowest BCUT2D eigenvalue weighted by atomic mass is 9.68. The van der Waals surface area contributed by atoms with Crippen molar-refractivity contribution >= 4 is 5.78 Å². The topological polar surface area (TPSA) is 20.3 Å². The van der Waals surface area contributed by atoms with Crippen molar-refractivity contribution in [3.63, 3.8) is 0 Å². The summed E-state index contributed by atoms with van der Waals surface area (Å²) in [6.45, 7) is 8.00. The van der Waals surface area contributed by atoms with Gasteiger partial charge in [0, 0.05) is 0 Å². The van der Waals surface area contributed by atoms with Crippen LogP contribution in [-0.2, 0) is 10.2 Å². The van der Waals surface area contributed by atoms with Crippen molar-refractivity contribution in [3.8, 4) is 0 Å². The van der Waals surface area contributed by atoms with Crippen LogP contribution in [0.4, 0.5) is 0 Å². The summed E-state index contributed by atoms with van der Waals surface area (Å²) in [4.78, 5) is 14.6. The number of nitrogens with zero attached hydrogens (tertiary/aromatic N) is 1. The van der Waals surface area contributed by atoms with Gasteiger partial charge in [0.25, 0.3) is 0 Å². The van der Waals surface area contributed by atoms with Crippen molar-refractivity contribution in [1.82, 2.24) is 4.90 Å². The molecule has 1 aliphatic heterocycles. The Kier molecular flexibility index (Phi) is 3.58. The van der Waals surface area contributed by atoms with Crippen molar-refractivity contribution in [2.24, 2.45) is 0 Å². The summed E-state index contributed by atoms with van der Waals surface area (Å²) in [5.74, 6) is 0.322. The number of benzene rings is 1. The third-order valence-electron chi connectivity index (χ3n) is 4.41. The molecule has 0 aromatic heterocycles. The number of carbonyl (C=O) groups is 1. The first-order valence-electron chi connectivity index (χ1n) is 6.73. The van der Waals surface area contributed by atoms with Crippen LogP contribution in [0.25, 0.3) is 0 Å². The van der Waals surface area contributed by atoms with Gasteiger partial charge in [-0.3, -0.25) is 4.79 Å². The van der Waals surface area contributed by atoms with Crippen LogP contribution >= 0.6 is 0 Å². The molecular weight excluding hydrogens is 222 g/mol. The second kappa shape index (κ2) is 4.85. The second-order valence-corrected chi connectivity index (χ2v) is 5.76. The van der Waals surface area contributed by atoms with Gasteiger partial charge in [0.05, 0.1) is 5.41 Å². The maximum Gasteiger partial charge on any atom is 0.140 e. The lowest BCUT2D eigenvalue weighted by Gasteiger charge is -2.40. The van der Waals surface area contributed by atoms with Crippen LogP contribution in [0.15, 0.2) is 18.2 Å². The van der Waals surface area contributed by atoms with E-state index < -0.39 is 0 Å². The summed E-state index contributed by atoms with van der Waals surface area (Å²) in [6.07, 6.45) is 1.89. The normalized spacial score (nSPS) is 19.8. The summed E-state index contributed by atoms with van der Waals surface area (Å²) in [7, 11) is 2.13. The Morgan fingerprint density at radius 1 is 1.22 bits per heavy atom. The minimum Gasteiger partial charge on any atom is -0.306 e. The van der Waals surface area contributed by atoms with E-state index in [1.807, 2.05) is 0 Å². The summed E-state index contributed by atoms with van der Waals surface area (Å²) < 4.78 is 0. The molecule has 0 unspecified atom stereocenters. The van der Waals surface area contributed by atoms with Gasteiger partial charge in [-0.1, -0.05) is 23.8 Å². The molecular formula is C16H23NO. The molecule has 1 aromatic rings. The number of aryl methyl sites for hydroxylation is 2. The van der Waals surface area contributed by atoms with Crippen molar-refractivity contribution in [2.75, 3.05) is 20.1 Å². The fourth-order valence-corrected chi connectivity index (χ4v) is 3.16. The first-order valence-corrected chi connectivity index (χ1v) is 6.73. The molecule has 18 heavy (non-hydrogen) atoms. The number of ketones is 1. The number of piperidine rings is 1. The highest BCUT2D eigenvalue weighted by Crippen LogP contribution is 2.38.